The van der Waals surface area contributed by atoms with Crippen LogP contribution < -0.4 is 4.74 Å². The van der Waals surface area contributed by atoms with Crippen molar-refractivity contribution >= 4 is 17.1 Å². The Hall–Kier alpha value is -3.84. The van der Waals surface area contributed by atoms with Gasteiger partial charge in [0.2, 0.25) is 5.88 Å². The largest absolute Gasteiger partial charge is 0.472 e. The van der Waals surface area contributed by atoms with Crippen molar-refractivity contribution in [3.8, 4) is 23.1 Å². The average molecular weight is 379 g/mol. The summed E-state index contributed by atoms with van der Waals surface area (Å²) in [7, 11) is 0. The van der Waals surface area contributed by atoms with Crippen LogP contribution in [0.5, 0.6) is 5.88 Å². The molecule has 4 heteroatoms. The van der Waals surface area contributed by atoms with Crippen LogP contribution in [0.15, 0.2) is 73.4 Å². The lowest BCUT2D eigenvalue weighted by molar-refractivity contribution is 0.296. The fourth-order valence-corrected chi connectivity index (χ4v) is 3.31. The molecule has 0 saturated carbocycles. The first-order chi connectivity index (χ1) is 14.2. The summed E-state index contributed by atoms with van der Waals surface area (Å²) in [6.07, 6.45) is 3.86. The monoisotopic (exact) mass is 379 g/mol. The molecular weight excluding hydrogens is 358 g/mol. The summed E-state index contributed by atoms with van der Waals surface area (Å²) >= 11 is 0. The molecular formula is C25H21N3O. The Morgan fingerprint density at radius 1 is 1.10 bits per heavy atom. The molecule has 0 radical (unpaired) electrons. The summed E-state index contributed by atoms with van der Waals surface area (Å²) in [5.41, 5.74) is 6.62. The third-order valence-corrected chi connectivity index (χ3v) is 4.97. The Kier molecular flexibility index (Phi) is 5.13. The zero-order valence-corrected chi connectivity index (χ0v) is 16.3. The molecule has 2 aromatic carbocycles. The fourth-order valence-electron chi connectivity index (χ4n) is 3.31. The molecule has 0 saturated heterocycles. The molecule has 2 aromatic heterocycles. The van der Waals surface area contributed by atoms with Gasteiger partial charge in [0.05, 0.1) is 22.7 Å². The van der Waals surface area contributed by atoms with Gasteiger partial charge in [-0.2, -0.15) is 5.26 Å². The molecule has 0 amide bonds. The van der Waals surface area contributed by atoms with Crippen LogP contribution in [-0.4, -0.2) is 9.55 Å². The number of nitrogens with zero attached hydrogens (tertiary/aromatic N) is 3. The maximum Gasteiger partial charge on any atom is 0.222 e. The van der Waals surface area contributed by atoms with Crippen LogP contribution in [0.25, 0.3) is 28.2 Å². The Morgan fingerprint density at radius 3 is 2.52 bits per heavy atom. The van der Waals surface area contributed by atoms with Crippen LogP contribution in [-0.2, 0) is 13.2 Å². The predicted octanol–water partition coefficient (Wildman–Crippen LogP) is 5.82. The van der Waals surface area contributed by atoms with E-state index < -0.39 is 0 Å². The highest BCUT2D eigenvalue weighted by molar-refractivity contribution is 5.84. The molecule has 0 spiro atoms. The van der Waals surface area contributed by atoms with Crippen molar-refractivity contribution in [2.24, 2.45) is 0 Å². The van der Waals surface area contributed by atoms with E-state index in [0.29, 0.717) is 18.1 Å². The van der Waals surface area contributed by atoms with E-state index in [4.69, 9.17) is 15.0 Å². The van der Waals surface area contributed by atoms with Crippen molar-refractivity contribution in [3.63, 3.8) is 0 Å². The van der Waals surface area contributed by atoms with E-state index in [0.717, 1.165) is 39.8 Å². The van der Waals surface area contributed by atoms with Crippen LogP contribution in [0, 0.1) is 11.3 Å². The van der Waals surface area contributed by atoms with Crippen LogP contribution >= 0.6 is 0 Å². The summed E-state index contributed by atoms with van der Waals surface area (Å²) in [6.45, 7) is 7.19. The average Bonchev–Trinajstić information content (AvgIpc) is 3.19. The predicted molar refractivity (Wildman–Crippen MR) is 116 cm³/mol. The summed E-state index contributed by atoms with van der Waals surface area (Å²) < 4.78 is 8.31. The van der Waals surface area contributed by atoms with Gasteiger partial charge in [-0.3, -0.25) is 0 Å². The minimum absolute atomic E-state index is 0.424. The number of pyridine rings is 1. The second-order valence-electron chi connectivity index (χ2n) is 6.77. The number of aromatic nitrogens is 2. The normalized spacial score (nSPS) is 10.6. The molecule has 0 bridgehead atoms. The molecule has 4 nitrogen and oxygen atoms in total. The lowest BCUT2D eigenvalue weighted by Crippen LogP contribution is -2.00. The van der Waals surface area contributed by atoms with Crippen LogP contribution in [0.2, 0.25) is 0 Å². The number of nitriles is 1. The topological polar surface area (TPSA) is 50.8 Å². The van der Waals surface area contributed by atoms with Gasteiger partial charge in [-0.15, -0.1) is 0 Å². The second kappa shape index (κ2) is 8.04. The van der Waals surface area contributed by atoms with Gasteiger partial charge in [0, 0.05) is 18.3 Å². The van der Waals surface area contributed by atoms with Crippen molar-refractivity contribution in [2.75, 3.05) is 0 Å². The number of rotatable bonds is 6. The van der Waals surface area contributed by atoms with Gasteiger partial charge in [-0.25, -0.2) is 4.98 Å². The highest BCUT2D eigenvalue weighted by Gasteiger charge is 2.13. The molecule has 142 valence electrons. The summed E-state index contributed by atoms with van der Waals surface area (Å²) in [5.74, 6) is 0.587. The molecule has 4 aromatic rings. The molecule has 0 aliphatic heterocycles. The number of hydrogen-bond donors (Lipinski definition) is 0. The van der Waals surface area contributed by atoms with Crippen molar-refractivity contribution in [2.45, 2.75) is 20.1 Å². The van der Waals surface area contributed by atoms with Gasteiger partial charge >= 0.3 is 0 Å². The van der Waals surface area contributed by atoms with Gasteiger partial charge in [-0.05, 0) is 47.9 Å². The highest BCUT2D eigenvalue weighted by atomic mass is 16.5. The van der Waals surface area contributed by atoms with Crippen molar-refractivity contribution in [3.05, 3.63) is 90.1 Å². The van der Waals surface area contributed by atoms with E-state index in [9.17, 15) is 0 Å². The van der Waals surface area contributed by atoms with E-state index in [1.165, 1.54) is 0 Å². The summed E-state index contributed by atoms with van der Waals surface area (Å²) in [6, 6.07) is 21.9. The van der Waals surface area contributed by atoms with E-state index in [1.54, 1.807) is 0 Å². The van der Waals surface area contributed by atoms with Crippen LogP contribution in [0.1, 0.15) is 23.6 Å². The third-order valence-electron chi connectivity index (χ3n) is 4.97. The van der Waals surface area contributed by atoms with Crippen molar-refractivity contribution in [1.29, 1.82) is 5.26 Å². The van der Waals surface area contributed by atoms with Gasteiger partial charge in [0.25, 0.3) is 0 Å². The standard InChI is InChI=1S/C25H21N3O/c1-3-18-5-7-20(8-6-18)17-29-25-22(21-11-9-19(16-26)10-12-21)15-24-23(27-25)13-14-28(24)4-2/h3,5-15H,1,4,17H2,2H3. The third kappa shape index (κ3) is 3.76. The highest BCUT2D eigenvalue weighted by Crippen LogP contribution is 2.33. The van der Waals surface area contributed by atoms with Crippen molar-refractivity contribution in [1.82, 2.24) is 9.55 Å². The van der Waals surface area contributed by atoms with Crippen LogP contribution in [0.4, 0.5) is 0 Å². The smallest absolute Gasteiger partial charge is 0.222 e. The van der Waals surface area contributed by atoms with E-state index in [2.05, 4.69) is 30.2 Å². The van der Waals surface area contributed by atoms with E-state index >= 15 is 0 Å². The van der Waals surface area contributed by atoms with E-state index in [-0.39, 0.29) is 0 Å². The summed E-state index contributed by atoms with van der Waals surface area (Å²) in [4.78, 5) is 4.79. The lowest BCUT2D eigenvalue weighted by Gasteiger charge is -2.13. The quantitative estimate of drug-likeness (QED) is 0.424. The zero-order valence-electron chi connectivity index (χ0n) is 16.3. The fraction of sp³-hybridized carbons (Fsp3) is 0.120. The zero-order chi connectivity index (χ0) is 20.2. The van der Waals surface area contributed by atoms with Crippen LogP contribution in [0.3, 0.4) is 0 Å². The maximum absolute atomic E-state index is 9.09. The lowest BCUT2D eigenvalue weighted by atomic mass is 10.0. The maximum atomic E-state index is 9.09. The molecule has 0 aliphatic carbocycles. The van der Waals surface area contributed by atoms with Crippen molar-refractivity contribution < 1.29 is 4.74 Å². The van der Waals surface area contributed by atoms with Gasteiger partial charge < -0.3 is 9.30 Å². The van der Waals surface area contributed by atoms with Gasteiger partial charge in [0.15, 0.2) is 0 Å². The number of benzene rings is 2. The Labute approximate surface area is 170 Å². The summed E-state index contributed by atoms with van der Waals surface area (Å²) in [5, 5.41) is 9.09. The Bertz CT molecular complexity index is 1200. The first-order valence-corrected chi connectivity index (χ1v) is 9.56. The molecule has 0 fully saturated rings. The molecule has 2 heterocycles. The Morgan fingerprint density at radius 2 is 1.86 bits per heavy atom. The number of ether oxygens (including phenoxy) is 1. The van der Waals surface area contributed by atoms with Gasteiger partial charge in [-0.1, -0.05) is 49.1 Å². The number of fused-ring (bicyclic) bond motifs is 1. The number of hydrogen-bond acceptors (Lipinski definition) is 3. The van der Waals surface area contributed by atoms with Gasteiger partial charge in [0.1, 0.15) is 6.61 Å². The first-order valence-electron chi connectivity index (χ1n) is 9.56. The molecule has 29 heavy (non-hydrogen) atoms. The minimum Gasteiger partial charge on any atom is -0.472 e. The SMILES string of the molecule is C=Cc1ccc(COc2nc3ccn(CC)c3cc2-c2ccc(C#N)cc2)cc1. The molecule has 4 rings (SSSR count). The number of aryl methyl sites for hydroxylation is 1. The second-order valence-corrected chi connectivity index (χ2v) is 6.77. The molecule has 0 unspecified atom stereocenters. The Balaban J connectivity index is 1.73. The molecule has 0 aliphatic rings. The minimum atomic E-state index is 0.424. The first kappa shape index (κ1) is 18.5. The molecule has 0 N–H and O–H groups in total. The van der Waals surface area contributed by atoms with E-state index in [1.807, 2.05) is 66.9 Å². The molecule has 0 atom stereocenters.